The lowest BCUT2D eigenvalue weighted by Gasteiger charge is -2.27. The zero-order chi connectivity index (χ0) is 18.2. The molecule has 136 valence electrons. The van der Waals surface area contributed by atoms with Gasteiger partial charge >= 0.3 is 12.1 Å². The van der Waals surface area contributed by atoms with Crippen LogP contribution in [0.1, 0.15) is 37.1 Å². The normalized spacial score (nSPS) is 24.3. The number of carboxylic acid groups (broad SMARTS) is 1. The first-order valence-electron chi connectivity index (χ1n) is 7.93. The van der Waals surface area contributed by atoms with Gasteiger partial charge in [0.2, 0.25) is 5.91 Å². The van der Waals surface area contributed by atoms with Crippen molar-refractivity contribution in [2.24, 2.45) is 0 Å². The Morgan fingerprint density at radius 1 is 1.16 bits per heavy atom. The number of carbonyl (C=O) groups is 2. The molecule has 0 spiro atoms. The van der Waals surface area contributed by atoms with Gasteiger partial charge in [0.15, 0.2) is 0 Å². The number of rotatable bonds is 5. The van der Waals surface area contributed by atoms with Gasteiger partial charge < -0.3 is 10.4 Å². The lowest BCUT2D eigenvalue weighted by Crippen LogP contribution is -2.49. The number of amides is 1. The lowest BCUT2D eigenvalue weighted by atomic mass is 10.2. The smallest absolute Gasteiger partial charge is 0.419 e. The Morgan fingerprint density at radius 2 is 1.76 bits per heavy atom. The highest BCUT2D eigenvalue weighted by molar-refractivity contribution is 5.84. The van der Waals surface area contributed by atoms with E-state index >= 15 is 0 Å². The first-order valence-corrected chi connectivity index (χ1v) is 7.93. The van der Waals surface area contributed by atoms with Crippen molar-refractivity contribution in [1.82, 2.24) is 20.2 Å². The number of carbonyl (C=O) groups excluding carboxylic acids is 1. The summed E-state index contributed by atoms with van der Waals surface area (Å²) in [7, 11) is 0. The van der Waals surface area contributed by atoms with Crippen LogP contribution in [0.25, 0.3) is 0 Å². The molecular weight excluding hydrogens is 341 g/mol. The van der Waals surface area contributed by atoms with Gasteiger partial charge in [-0.3, -0.25) is 14.5 Å². The number of alkyl halides is 3. The third-order valence-corrected chi connectivity index (χ3v) is 4.44. The van der Waals surface area contributed by atoms with Crippen molar-refractivity contribution in [3.05, 3.63) is 23.8 Å². The number of halogens is 3. The van der Waals surface area contributed by atoms with Crippen molar-refractivity contribution in [3.8, 4) is 0 Å². The van der Waals surface area contributed by atoms with Crippen molar-refractivity contribution in [2.75, 3.05) is 0 Å². The Bertz CT molecular complexity index is 661. The topological polar surface area (TPSA) is 95.4 Å². The third-order valence-electron chi connectivity index (χ3n) is 4.44. The first-order chi connectivity index (χ1) is 11.8. The second-order valence-corrected chi connectivity index (χ2v) is 6.23. The summed E-state index contributed by atoms with van der Waals surface area (Å²) in [4.78, 5) is 32.6. The molecule has 2 unspecified atom stereocenters. The number of nitrogens with zero attached hydrogens (tertiary/aromatic N) is 3. The predicted octanol–water partition coefficient (Wildman–Crippen LogP) is 1.19. The second-order valence-electron chi connectivity index (χ2n) is 6.23. The van der Waals surface area contributed by atoms with E-state index in [9.17, 15) is 27.9 Å². The van der Waals surface area contributed by atoms with Crippen molar-refractivity contribution in [3.63, 3.8) is 0 Å². The Hall–Kier alpha value is -2.23. The molecular formula is C15H17F3N4O3. The van der Waals surface area contributed by atoms with Gasteiger partial charge in [-0.2, -0.15) is 13.2 Å². The van der Waals surface area contributed by atoms with Crippen molar-refractivity contribution in [2.45, 2.75) is 56.5 Å². The molecule has 3 rings (SSSR count). The summed E-state index contributed by atoms with van der Waals surface area (Å²) in [6.07, 6.45) is -0.594. The van der Waals surface area contributed by atoms with E-state index in [2.05, 4.69) is 15.3 Å². The van der Waals surface area contributed by atoms with Crippen LogP contribution in [0.2, 0.25) is 0 Å². The van der Waals surface area contributed by atoms with Crippen LogP contribution in [-0.2, 0) is 22.3 Å². The fourth-order valence-corrected chi connectivity index (χ4v) is 3.11. The van der Waals surface area contributed by atoms with Crippen LogP contribution in [0.5, 0.6) is 0 Å². The Morgan fingerprint density at radius 3 is 2.28 bits per heavy atom. The number of nitrogens with one attached hydrogen (secondary N) is 1. The van der Waals surface area contributed by atoms with E-state index in [0.29, 0.717) is 25.2 Å². The van der Waals surface area contributed by atoms with E-state index in [1.807, 2.05) is 0 Å². The molecule has 1 aliphatic carbocycles. The molecule has 2 heterocycles. The van der Waals surface area contributed by atoms with E-state index < -0.39 is 29.8 Å². The van der Waals surface area contributed by atoms with Gasteiger partial charge in [-0.1, -0.05) is 0 Å². The fraction of sp³-hybridized carbons (Fsp3) is 0.600. The number of hydrogen-bond acceptors (Lipinski definition) is 5. The molecule has 2 aliphatic rings. The van der Waals surface area contributed by atoms with E-state index in [1.165, 1.54) is 0 Å². The number of carboxylic acids is 1. The van der Waals surface area contributed by atoms with E-state index in [4.69, 9.17) is 0 Å². The molecule has 0 bridgehead atoms. The summed E-state index contributed by atoms with van der Waals surface area (Å²) in [5, 5.41) is 11.9. The lowest BCUT2D eigenvalue weighted by molar-refractivity contribution is -0.143. The van der Waals surface area contributed by atoms with Crippen molar-refractivity contribution < 1.29 is 27.9 Å². The molecule has 2 N–H and O–H groups in total. The van der Waals surface area contributed by atoms with Gasteiger partial charge in [0.05, 0.1) is 18.2 Å². The molecule has 1 saturated heterocycles. The van der Waals surface area contributed by atoms with Gasteiger partial charge in [0.25, 0.3) is 0 Å². The molecule has 25 heavy (non-hydrogen) atoms. The van der Waals surface area contributed by atoms with E-state index in [0.717, 1.165) is 12.8 Å². The Balaban J connectivity index is 1.60. The summed E-state index contributed by atoms with van der Waals surface area (Å²) >= 11 is 0. The average molecular weight is 358 g/mol. The Kier molecular flexibility index (Phi) is 4.63. The Labute approximate surface area is 141 Å². The SMILES string of the molecule is O=C(O)C1CCC(C(=O)NCc2ncc(C(F)(F)F)cn2)N1C1CC1. The highest BCUT2D eigenvalue weighted by atomic mass is 19.4. The maximum Gasteiger partial charge on any atom is 0.419 e. The third kappa shape index (κ3) is 3.89. The summed E-state index contributed by atoms with van der Waals surface area (Å²) in [5.74, 6) is -1.22. The van der Waals surface area contributed by atoms with Crippen LogP contribution in [0, 0.1) is 0 Å². The van der Waals surface area contributed by atoms with Crippen LogP contribution in [0.4, 0.5) is 13.2 Å². The standard InChI is InChI=1S/C15H17F3N4O3/c16-15(17,18)8-5-19-12(20-6-8)7-21-13(23)10-3-4-11(14(24)25)22(10)9-1-2-9/h5-6,9-11H,1-4,7H2,(H,21,23)(H,24,25). The molecule has 2 atom stereocenters. The van der Waals surface area contributed by atoms with Crippen LogP contribution in [0.15, 0.2) is 12.4 Å². The minimum Gasteiger partial charge on any atom is -0.480 e. The number of aliphatic carboxylic acids is 1. The number of likely N-dealkylation sites (tertiary alicyclic amines) is 1. The number of hydrogen-bond donors (Lipinski definition) is 2. The van der Waals surface area contributed by atoms with Crippen LogP contribution < -0.4 is 5.32 Å². The second kappa shape index (κ2) is 6.58. The summed E-state index contributed by atoms with van der Waals surface area (Å²) in [6, 6.07) is -1.09. The molecule has 1 aliphatic heterocycles. The van der Waals surface area contributed by atoms with E-state index in [-0.39, 0.29) is 24.3 Å². The van der Waals surface area contributed by atoms with Crippen molar-refractivity contribution >= 4 is 11.9 Å². The molecule has 0 radical (unpaired) electrons. The highest BCUT2D eigenvalue weighted by Gasteiger charge is 2.48. The van der Waals surface area contributed by atoms with Gasteiger partial charge in [-0.15, -0.1) is 0 Å². The molecule has 7 nitrogen and oxygen atoms in total. The fourth-order valence-electron chi connectivity index (χ4n) is 3.11. The minimum atomic E-state index is -4.51. The van der Waals surface area contributed by atoms with Gasteiger partial charge in [-0.25, -0.2) is 9.97 Å². The maximum atomic E-state index is 12.5. The molecule has 1 aromatic heterocycles. The predicted molar refractivity (Wildman–Crippen MR) is 78.2 cm³/mol. The maximum absolute atomic E-state index is 12.5. The summed E-state index contributed by atoms with van der Waals surface area (Å²) in [6.45, 7) is -0.107. The molecule has 2 fully saturated rings. The van der Waals surface area contributed by atoms with Crippen LogP contribution >= 0.6 is 0 Å². The van der Waals surface area contributed by atoms with Gasteiger partial charge in [-0.05, 0) is 25.7 Å². The zero-order valence-corrected chi connectivity index (χ0v) is 13.2. The summed E-state index contributed by atoms with van der Waals surface area (Å²) in [5.41, 5.74) is -0.956. The largest absolute Gasteiger partial charge is 0.480 e. The quantitative estimate of drug-likeness (QED) is 0.821. The monoisotopic (exact) mass is 358 g/mol. The molecule has 0 aromatic carbocycles. The highest BCUT2D eigenvalue weighted by Crippen LogP contribution is 2.37. The molecule has 1 aromatic rings. The van der Waals surface area contributed by atoms with Crippen LogP contribution in [-0.4, -0.2) is 50.0 Å². The van der Waals surface area contributed by atoms with Gasteiger partial charge in [0.1, 0.15) is 11.9 Å². The minimum absolute atomic E-state index is 0.0621. The zero-order valence-electron chi connectivity index (χ0n) is 13.2. The summed E-state index contributed by atoms with van der Waals surface area (Å²) < 4.78 is 37.4. The molecule has 1 amide bonds. The van der Waals surface area contributed by atoms with Crippen LogP contribution in [0.3, 0.4) is 0 Å². The van der Waals surface area contributed by atoms with Crippen molar-refractivity contribution in [1.29, 1.82) is 0 Å². The molecule has 1 saturated carbocycles. The van der Waals surface area contributed by atoms with E-state index in [1.54, 1.807) is 4.90 Å². The average Bonchev–Trinajstić information content (AvgIpc) is 3.29. The molecule has 10 heteroatoms. The number of aromatic nitrogens is 2. The van der Waals surface area contributed by atoms with Gasteiger partial charge in [0, 0.05) is 18.4 Å². The first kappa shape index (κ1) is 17.6.